The van der Waals surface area contributed by atoms with Crippen LogP contribution in [0.15, 0.2) is 36.5 Å². The second kappa shape index (κ2) is 12.3. The highest BCUT2D eigenvalue weighted by atomic mass is 16.7. The summed E-state index contributed by atoms with van der Waals surface area (Å²) >= 11 is 0. The summed E-state index contributed by atoms with van der Waals surface area (Å²) in [5, 5.41) is 17.9. The molecule has 0 aromatic heterocycles. The topological polar surface area (TPSA) is 112 Å². The monoisotopic (exact) mass is 488 g/mol. The second-order valence-corrected chi connectivity index (χ2v) is 10.5. The van der Waals surface area contributed by atoms with Gasteiger partial charge in [-0.3, -0.25) is 10.2 Å². The molecule has 1 aromatic carbocycles. The lowest BCUT2D eigenvalue weighted by Crippen LogP contribution is -2.44. The summed E-state index contributed by atoms with van der Waals surface area (Å²) in [6.07, 6.45) is 5.10. The van der Waals surface area contributed by atoms with Gasteiger partial charge in [0.2, 0.25) is 5.91 Å². The van der Waals surface area contributed by atoms with Crippen molar-refractivity contribution >= 4 is 17.8 Å². The highest BCUT2D eigenvalue weighted by molar-refractivity contribution is 5.79. The van der Waals surface area contributed by atoms with Crippen LogP contribution in [0, 0.1) is 11.8 Å². The first kappa shape index (κ1) is 26.8. The maximum absolute atomic E-state index is 12.7. The van der Waals surface area contributed by atoms with E-state index in [-0.39, 0.29) is 23.8 Å². The van der Waals surface area contributed by atoms with E-state index < -0.39 is 17.9 Å². The molecule has 1 aromatic rings. The van der Waals surface area contributed by atoms with Crippen LogP contribution in [0.5, 0.6) is 0 Å². The maximum atomic E-state index is 12.7. The van der Waals surface area contributed by atoms with Crippen molar-refractivity contribution in [2.45, 2.75) is 84.1 Å². The van der Waals surface area contributed by atoms with Crippen LogP contribution >= 0.6 is 0 Å². The fraction of sp³-hybridized carbons (Fsp3) is 0.615. The minimum absolute atomic E-state index is 0.0233. The van der Waals surface area contributed by atoms with Crippen LogP contribution < -0.4 is 16.1 Å². The smallest absolute Gasteiger partial charge is 0.407 e. The summed E-state index contributed by atoms with van der Waals surface area (Å²) in [4.78, 5) is 30.5. The van der Waals surface area contributed by atoms with E-state index in [9.17, 15) is 14.7 Å². The van der Waals surface area contributed by atoms with E-state index in [1.54, 1.807) is 6.20 Å². The summed E-state index contributed by atoms with van der Waals surface area (Å²) in [6, 6.07) is 9.64. The van der Waals surface area contributed by atoms with E-state index in [0.717, 1.165) is 37.7 Å². The van der Waals surface area contributed by atoms with Crippen LogP contribution in [0.4, 0.5) is 4.79 Å². The molecule has 3 unspecified atom stereocenters. The lowest BCUT2D eigenvalue weighted by molar-refractivity contribution is -0.221. The minimum Gasteiger partial charge on any atom is -0.444 e. The largest absolute Gasteiger partial charge is 0.444 e. The van der Waals surface area contributed by atoms with E-state index in [1.165, 1.54) is 5.17 Å². The molecule has 3 rings (SSSR count). The Morgan fingerprint density at radius 3 is 2.71 bits per heavy atom. The number of hydrogen-bond donors (Lipinski definition) is 4. The van der Waals surface area contributed by atoms with Crippen LogP contribution in [-0.2, 0) is 14.4 Å². The first-order valence-electron chi connectivity index (χ1n) is 12.6. The van der Waals surface area contributed by atoms with Gasteiger partial charge in [0, 0.05) is 30.0 Å². The van der Waals surface area contributed by atoms with Gasteiger partial charge in [0.05, 0.1) is 6.20 Å². The van der Waals surface area contributed by atoms with Gasteiger partial charge in [-0.25, -0.2) is 4.79 Å². The standard InChI is InChI=1S/C26H40N4O5/c1-18(24(32)30-28-17-22(35-30)19-11-6-5-7-12-19)10-9-15-27-23(31)20-13-8-14-21(16-20)29-25(33)34-26(2,3)4/h5-7,11-12,17-18,20-21,24,28,32H,8-10,13-16H2,1-4H3,(H,27,31)(H,29,33)/t18?,20?,21?,24-/m0/s1. The van der Waals surface area contributed by atoms with E-state index in [2.05, 4.69) is 16.1 Å². The number of benzene rings is 1. The Balaban J connectivity index is 1.33. The van der Waals surface area contributed by atoms with Crippen molar-refractivity contribution in [1.82, 2.24) is 21.2 Å². The van der Waals surface area contributed by atoms with Gasteiger partial charge >= 0.3 is 6.09 Å². The fourth-order valence-electron chi connectivity index (χ4n) is 4.34. The molecule has 0 bridgehead atoms. The third kappa shape index (κ3) is 8.43. The summed E-state index contributed by atoms with van der Waals surface area (Å²) in [5.41, 5.74) is 3.34. The molecule has 2 amide bonds. The highest BCUT2D eigenvalue weighted by Gasteiger charge is 2.30. The minimum atomic E-state index is -0.832. The van der Waals surface area contributed by atoms with E-state index in [0.29, 0.717) is 18.7 Å². The lowest BCUT2D eigenvalue weighted by atomic mass is 9.85. The van der Waals surface area contributed by atoms with Crippen molar-refractivity contribution in [3.63, 3.8) is 0 Å². The maximum Gasteiger partial charge on any atom is 0.407 e. The van der Waals surface area contributed by atoms with Gasteiger partial charge in [0.15, 0.2) is 12.0 Å². The second-order valence-electron chi connectivity index (χ2n) is 10.5. The SMILES string of the molecule is CC(CCCNC(=O)C1CCCC(NC(=O)OC(C)(C)C)C1)[C@H](O)N1NC=C(c2ccccc2)O1. The van der Waals surface area contributed by atoms with Crippen LogP contribution in [0.1, 0.15) is 71.8 Å². The number of carbonyl (C=O) groups excluding carboxylic acids is 2. The number of nitrogens with one attached hydrogen (secondary N) is 3. The molecule has 9 nitrogen and oxygen atoms in total. The molecular formula is C26H40N4O5. The third-order valence-electron chi connectivity index (χ3n) is 6.23. The van der Waals surface area contributed by atoms with Gasteiger partial charge in [0.25, 0.3) is 0 Å². The Hall–Kier alpha value is -2.78. The Morgan fingerprint density at radius 2 is 2.00 bits per heavy atom. The number of hydroxylamine groups is 1. The van der Waals surface area contributed by atoms with Crippen molar-refractivity contribution in [3.05, 3.63) is 42.1 Å². The Morgan fingerprint density at radius 1 is 1.26 bits per heavy atom. The number of hydrazine groups is 1. The number of aliphatic hydroxyl groups is 1. The molecule has 4 atom stereocenters. The van der Waals surface area contributed by atoms with Crippen molar-refractivity contribution in [2.75, 3.05) is 6.54 Å². The number of nitrogens with zero attached hydrogens (tertiary/aromatic N) is 1. The predicted octanol–water partition coefficient (Wildman–Crippen LogP) is 3.67. The molecule has 1 saturated carbocycles. The molecule has 2 aliphatic rings. The number of hydrogen-bond acceptors (Lipinski definition) is 7. The molecule has 0 radical (unpaired) electrons. The highest BCUT2D eigenvalue weighted by Crippen LogP contribution is 2.26. The van der Waals surface area contributed by atoms with Crippen LogP contribution in [0.3, 0.4) is 0 Å². The van der Waals surface area contributed by atoms with Crippen molar-refractivity contribution in [1.29, 1.82) is 0 Å². The first-order chi connectivity index (χ1) is 16.6. The quantitative estimate of drug-likeness (QED) is 0.392. The molecule has 0 saturated heterocycles. The molecule has 1 aliphatic carbocycles. The van der Waals surface area contributed by atoms with Crippen LogP contribution in [0.2, 0.25) is 0 Å². The molecule has 1 aliphatic heterocycles. The van der Waals surface area contributed by atoms with E-state index in [4.69, 9.17) is 9.57 Å². The zero-order valence-corrected chi connectivity index (χ0v) is 21.3. The Bertz CT molecular complexity index is 870. The summed E-state index contributed by atoms with van der Waals surface area (Å²) in [5.74, 6) is 0.489. The van der Waals surface area contributed by atoms with Crippen molar-refractivity contribution in [2.24, 2.45) is 11.8 Å². The average molecular weight is 489 g/mol. The molecule has 4 N–H and O–H groups in total. The molecule has 0 spiro atoms. The van der Waals surface area contributed by atoms with Crippen molar-refractivity contribution in [3.8, 4) is 0 Å². The van der Waals surface area contributed by atoms with Crippen LogP contribution in [-0.4, -0.2) is 46.7 Å². The summed E-state index contributed by atoms with van der Waals surface area (Å²) < 4.78 is 5.33. The zero-order valence-electron chi connectivity index (χ0n) is 21.3. The number of rotatable bonds is 9. The molecular weight excluding hydrogens is 448 g/mol. The number of carbonyl (C=O) groups is 2. The van der Waals surface area contributed by atoms with Gasteiger partial charge in [-0.2, -0.15) is 0 Å². The fourth-order valence-corrected chi connectivity index (χ4v) is 4.34. The Kier molecular flexibility index (Phi) is 9.40. The summed E-state index contributed by atoms with van der Waals surface area (Å²) in [6.45, 7) is 7.98. The van der Waals surface area contributed by atoms with Gasteiger partial charge in [-0.05, 0) is 58.0 Å². The predicted molar refractivity (Wildman–Crippen MR) is 133 cm³/mol. The van der Waals surface area contributed by atoms with Crippen molar-refractivity contribution < 1.29 is 24.3 Å². The van der Waals surface area contributed by atoms with Gasteiger partial charge in [-0.1, -0.05) is 43.7 Å². The van der Waals surface area contributed by atoms with Gasteiger partial charge < -0.3 is 25.3 Å². The number of ether oxygens (including phenoxy) is 1. The number of aliphatic hydroxyl groups excluding tert-OH is 1. The molecule has 194 valence electrons. The van der Waals surface area contributed by atoms with Gasteiger partial charge in [-0.15, -0.1) is 0 Å². The summed E-state index contributed by atoms with van der Waals surface area (Å²) in [7, 11) is 0. The number of alkyl carbamates (subject to hydrolysis) is 1. The van der Waals surface area contributed by atoms with E-state index >= 15 is 0 Å². The molecule has 1 heterocycles. The first-order valence-corrected chi connectivity index (χ1v) is 12.6. The normalized spacial score (nSPS) is 22.3. The van der Waals surface area contributed by atoms with Gasteiger partial charge in [0.1, 0.15) is 5.60 Å². The molecule has 35 heavy (non-hydrogen) atoms. The zero-order chi connectivity index (χ0) is 25.4. The average Bonchev–Trinajstić information content (AvgIpc) is 3.31. The van der Waals surface area contributed by atoms with Crippen LogP contribution in [0.25, 0.3) is 5.76 Å². The Labute approximate surface area is 208 Å². The number of amides is 2. The van der Waals surface area contributed by atoms with E-state index in [1.807, 2.05) is 58.0 Å². The lowest BCUT2D eigenvalue weighted by Gasteiger charge is -2.30. The third-order valence-corrected chi connectivity index (χ3v) is 6.23. The molecule has 9 heteroatoms. The molecule has 1 fully saturated rings.